The molecule has 0 fully saturated rings. The number of aromatic nitrogens is 3. The van der Waals surface area contributed by atoms with Gasteiger partial charge in [0.05, 0.1) is 0 Å². The van der Waals surface area contributed by atoms with Crippen LogP contribution >= 0.6 is 15.9 Å². The van der Waals surface area contributed by atoms with Gasteiger partial charge in [0.15, 0.2) is 4.67 Å². The molecular weight excluding hydrogens is 368 g/mol. The molecule has 0 saturated carbocycles. The molecule has 2 heterocycles. The number of hydrogen-bond acceptors (Lipinski definition) is 6. The van der Waals surface area contributed by atoms with E-state index in [4.69, 9.17) is 9.52 Å². The van der Waals surface area contributed by atoms with Crippen LogP contribution in [0.4, 0.5) is 0 Å². The lowest BCUT2D eigenvalue weighted by atomic mass is 10.4. The van der Waals surface area contributed by atoms with Gasteiger partial charge in [-0.05, 0) is 15.9 Å². The molecule has 2 rings (SSSR count). The van der Waals surface area contributed by atoms with Crippen LogP contribution in [0.3, 0.4) is 0 Å². The quantitative estimate of drug-likeness (QED) is 0.743. The van der Waals surface area contributed by atoms with Gasteiger partial charge in [-0.2, -0.15) is 0 Å². The Morgan fingerprint density at radius 3 is 2.81 bits per heavy atom. The average Bonchev–Trinajstić information content (AvgIpc) is 2.96. The molecule has 2 aromatic heterocycles. The smallest absolute Gasteiger partial charge is 0.371 e. The van der Waals surface area contributed by atoms with Gasteiger partial charge in [-0.15, -0.1) is 10.2 Å². The molecule has 11 heteroatoms. The van der Waals surface area contributed by atoms with Crippen molar-refractivity contribution in [2.75, 3.05) is 6.54 Å². The highest BCUT2D eigenvalue weighted by molar-refractivity contribution is 9.10. The largest absolute Gasteiger partial charge is 0.475 e. The molecule has 9 nitrogen and oxygen atoms in total. The minimum Gasteiger partial charge on any atom is -0.475 e. The number of carboxylic acid groups (broad SMARTS) is 1. The predicted molar refractivity (Wildman–Crippen MR) is 73.3 cm³/mol. The fourth-order valence-corrected chi connectivity index (χ4v) is 3.52. The molecule has 2 aromatic rings. The van der Waals surface area contributed by atoms with Gasteiger partial charge in [-0.3, -0.25) is 0 Å². The fourth-order valence-electron chi connectivity index (χ4n) is 1.55. The number of hydrogen-bond donors (Lipinski definition) is 2. The second-order valence-electron chi connectivity index (χ2n) is 4.06. The minimum atomic E-state index is -3.88. The van der Waals surface area contributed by atoms with Crippen molar-refractivity contribution >= 4 is 31.9 Å². The van der Waals surface area contributed by atoms with Crippen LogP contribution in [-0.2, 0) is 23.5 Å². The number of aryl methyl sites for hydroxylation is 1. The van der Waals surface area contributed by atoms with Crippen molar-refractivity contribution in [3.63, 3.8) is 0 Å². The lowest BCUT2D eigenvalue weighted by molar-refractivity contribution is 0.0661. The minimum absolute atomic E-state index is 0.0922. The third-order valence-corrected chi connectivity index (χ3v) is 4.92. The molecule has 2 N–H and O–H groups in total. The Bertz CT molecular complexity index is 766. The molecule has 0 radical (unpaired) electrons. The molecule has 0 spiro atoms. The molecule has 0 aromatic carbocycles. The molecule has 0 aliphatic rings. The van der Waals surface area contributed by atoms with Crippen molar-refractivity contribution in [1.82, 2.24) is 19.5 Å². The van der Waals surface area contributed by atoms with Crippen molar-refractivity contribution < 1.29 is 22.7 Å². The van der Waals surface area contributed by atoms with E-state index < -0.39 is 21.8 Å². The van der Waals surface area contributed by atoms with Crippen LogP contribution in [0, 0.1) is 0 Å². The molecular formula is C10H11BrN4O5S. The lowest BCUT2D eigenvalue weighted by Gasteiger charge is -2.04. The Labute approximate surface area is 128 Å². The zero-order valence-corrected chi connectivity index (χ0v) is 13.2. The van der Waals surface area contributed by atoms with E-state index in [2.05, 4.69) is 30.8 Å². The zero-order chi connectivity index (χ0) is 15.6. The van der Waals surface area contributed by atoms with E-state index in [1.165, 1.54) is 6.33 Å². The maximum absolute atomic E-state index is 12.1. The van der Waals surface area contributed by atoms with Gasteiger partial charge in [0.25, 0.3) is 0 Å². The Balaban J connectivity index is 2.08. The Hall–Kier alpha value is -1.72. The zero-order valence-electron chi connectivity index (χ0n) is 10.8. The topological polar surface area (TPSA) is 127 Å². The summed E-state index contributed by atoms with van der Waals surface area (Å²) in [6.45, 7) is 0.0922. The molecule has 0 atom stereocenters. The maximum atomic E-state index is 12.1. The van der Waals surface area contributed by atoms with Crippen LogP contribution in [0.5, 0.6) is 0 Å². The normalized spacial score (nSPS) is 11.7. The number of rotatable bonds is 6. The molecule has 21 heavy (non-hydrogen) atoms. The summed E-state index contributed by atoms with van der Waals surface area (Å²) in [6.07, 6.45) is 1.85. The molecule has 0 aliphatic carbocycles. The molecule has 0 aliphatic heterocycles. The van der Waals surface area contributed by atoms with Crippen molar-refractivity contribution in [1.29, 1.82) is 0 Å². The van der Waals surface area contributed by atoms with E-state index in [-0.39, 0.29) is 16.1 Å². The first-order chi connectivity index (χ1) is 9.81. The number of carboxylic acids is 1. The molecule has 114 valence electrons. The second-order valence-corrected chi connectivity index (χ2v) is 6.52. The third kappa shape index (κ3) is 3.49. The Morgan fingerprint density at radius 2 is 2.29 bits per heavy atom. The van der Waals surface area contributed by atoms with E-state index in [1.807, 2.05) is 0 Å². The molecule has 0 unspecified atom stereocenters. The monoisotopic (exact) mass is 378 g/mol. The summed E-state index contributed by atoms with van der Waals surface area (Å²) in [5.74, 6) is -1.19. The number of halogens is 1. The highest BCUT2D eigenvalue weighted by Crippen LogP contribution is 2.25. The number of aromatic carboxylic acids is 1. The number of furan rings is 1. The highest BCUT2D eigenvalue weighted by Gasteiger charge is 2.24. The predicted octanol–water partition coefficient (Wildman–Crippen LogP) is 0.390. The van der Waals surface area contributed by atoms with Gasteiger partial charge in [0, 0.05) is 26.1 Å². The SMILES string of the molecule is Cn1cnnc1CCNS(=O)(=O)c1cc(C(=O)O)oc1Br. The molecule has 0 saturated heterocycles. The van der Waals surface area contributed by atoms with Crippen LogP contribution in [-0.4, -0.2) is 40.8 Å². The third-order valence-electron chi connectivity index (χ3n) is 2.60. The number of nitrogens with one attached hydrogen (secondary N) is 1. The summed E-state index contributed by atoms with van der Waals surface area (Å²) in [6, 6.07) is 0.942. The number of nitrogens with zero attached hydrogens (tertiary/aromatic N) is 3. The van der Waals surface area contributed by atoms with Gasteiger partial charge < -0.3 is 14.1 Å². The van der Waals surface area contributed by atoms with E-state index in [9.17, 15) is 13.2 Å². The van der Waals surface area contributed by atoms with Gasteiger partial charge in [-0.25, -0.2) is 17.9 Å². The van der Waals surface area contributed by atoms with E-state index in [0.29, 0.717) is 12.2 Å². The van der Waals surface area contributed by atoms with Gasteiger partial charge in [0.2, 0.25) is 15.8 Å². The van der Waals surface area contributed by atoms with Crippen molar-refractivity contribution in [3.8, 4) is 0 Å². The van der Waals surface area contributed by atoms with Gasteiger partial charge in [-0.1, -0.05) is 0 Å². The van der Waals surface area contributed by atoms with Crippen LogP contribution in [0.2, 0.25) is 0 Å². The summed E-state index contributed by atoms with van der Waals surface area (Å²) in [5.41, 5.74) is 0. The Kier molecular flexibility index (Phi) is 4.44. The first-order valence-corrected chi connectivity index (χ1v) is 7.94. The van der Waals surface area contributed by atoms with Crippen LogP contribution < -0.4 is 4.72 Å². The number of carbonyl (C=O) groups is 1. The first kappa shape index (κ1) is 15.7. The van der Waals surface area contributed by atoms with Crippen LogP contribution in [0.25, 0.3) is 0 Å². The van der Waals surface area contributed by atoms with E-state index in [0.717, 1.165) is 6.07 Å². The Morgan fingerprint density at radius 1 is 1.57 bits per heavy atom. The summed E-state index contributed by atoms with van der Waals surface area (Å²) in [4.78, 5) is 10.5. The lowest BCUT2D eigenvalue weighted by Crippen LogP contribution is -2.26. The molecule has 0 bridgehead atoms. The highest BCUT2D eigenvalue weighted by atomic mass is 79.9. The summed E-state index contributed by atoms with van der Waals surface area (Å²) >= 11 is 2.89. The number of sulfonamides is 1. The standard InChI is InChI=1S/C10H11BrN4O5S/c1-15-5-12-14-8(15)2-3-13-21(18,19)7-4-6(10(16)17)20-9(7)11/h4-5,13H,2-3H2,1H3,(H,16,17). The fraction of sp³-hybridized carbons (Fsp3) is 0.300. The van der Waals surface area contributed by atoms with E-state index >= 15 is 0 Å². The van der Waals surface area contributed by atoms with Crippen LogP contribution in [0.1, 0.15) is 16.4 Å². The maximum Gasteiger partial charge on any atom is 0.371 e. The van der Waals surface area contributed by atoms with Crippen molar-refractivity contribution in [2.24, 2.45) is 7.05 Å². The van der Waals surface area contributed by atoms with Gasteiger partial charge in [0.1, 0.15) is 17.0 Å². The average molecular weight is 379 g/mol. The second kappa shape index (κ2) is 5.95. The summed E-state index contributed by atoms with van der Waals surface area (Å²) < 4.78 is 32.8. The van der Waals surface area contributed by atoms with Crippen molar-refractivity contribution in [3.05, 3.63) is 28.6 Å². The van der Waals surface area contributed by atoms with Crippen LogP contribution in [0.15, 0.2) is 26.4 Å². The first-order valence-electron chi connectivity index (χ1n) is 5.66. The summed E-state index contributed by atoms with van der Waals surface area (Å²) in [5, 5.41) is 16.3. The summed E-state index contributed by atoms with van der Waals surface area (Å²) in [7, 11) is -2.14. The molecule has 0 amide bonds. The van der Waals surface area contributed by atoms with Crippen molar-refractivity contribution in [2.45, 2.75) is 11.3 Å². The van der Waals surface area contributed by atoms with Gasteiger partial charge >= 0.3 is 5.97 Å². The van der Waals surface area contributed by atoms with E-state index in [1.54, 1.807) is 11.6 Å².